The molecule has 132 valence electrons. The molecule has 3 rings (SSSR count). The summed E-state index contributed by atoms with van der Waals surface area (Å²) < 4.78 is 0. The van der Waals surface area contributed by atoms with Crippen molar-refractivity contribution in [3.8, 4) is 0 Å². The van der Waals surface area contributed by atoms with Crippen molar-refractivity contribution in [2.75, 3.05) is 5.32 Å². The molecule has 7 nitrogen and oxygen atoms in total. The van der Waals surface area contributed by atoms with Gasteiger partial charge in [0.2, 0.25) is 5.91 Å². The lowest BCUT2D eigenvalue weighted by Crippen LogP contribution is -2.23. The first-order chi connectivity index (χ1) is 12.5. The Morgan fingerprint density at radius 1 is 1.15 bits per heavy atom. The van der Waals surface area contributed by atoms with E-state index in [1.165, 1.54) is 23.9 Å². The van der Waals surface area contributed by atoms with Gasteiger partial charge in [-0.25, -0.2) is 9.97 Å². The molecule has 0 fully saturated rings. The molecule has 3 aromatic rings. The van der Waals surface area contributed by atoms with E-state index in [9.17, 15) is 14.9 Å². The van der Waals surface area contributed by atoms with Crippen molar-refractivity contribution in [1.29, 1.82) is 0 Å². The zero-order valence-corrected chi connectivity index (χ0v) is 15.0. The molecule has 1 amide bonds. The molecule has 8 heteroatoms. The van der Waals surface area contributed by atoms with Crippen LogP contribution in [-0.2, 0) is 4.79 Å². The highest BCUT2D eigenvalue weighted by atomic mass is 32.2. The molecule has 0 saturated carbocycles. The number of nitrogens with one attached hydrogen (secondary N) is 1. The second-order valence-corrected chi connectivity index (χ2v) is 6.95. The van der Waals surface area contributed by atoms with Crippen LogP contribution in [0, 0.1) is 17.0 Å². The number of hydrogen-bond acceptors (Lipinski definition) is 6. The van der Waals surface area contributed by atoms with Gasteiger partial charge < -0.3 is 5.32 Å². The van der Waals surface area contributed by atoms with E-state index in [0.717, 1.165) is 10.9 Å². The first-order valence-corrected chi connectivity index (χ1v) is 8.78. The van der Waals surface area contributed by atoms with E-state index in [4.69, 9.17) is 0 Å². The van der Waals surface area contributed by atoms with Gasteiger partial charge in [0, 0.05) is 11.5 Å². The zero-order chi connectivity index (χ0) is 18.7. The van der Waals surface area contributed by atoms with Gasteiger partial charge in [-0.15, -0.1) is 0 Å². The SMILES string of the molecule is Cc1nc(S[C@H](C)C(=O)Nc2ccccc2[N+](=O)[O-])c2ccccc2n1. The fraction of sp³-hybridized carbons (Fsp3) is 0.167. The summed E-state index contributed by atoms with van der Waals surface area (Å²) in [5.74, 6) is 0.294. The molecule has 0 radical (unpaired) electrons. The maximum absolute atomic E-state index is 12.5. The largest absolute Gasteiger partial charge is 0.319 e. The lowest BCUT2D eigenvalue weighted by molar-refractivity contribution is -0.383. The zero-order valence-electron chi connectivity index (χ0n) is 14.2. The molecule has 0 spiro atoms. The van der Waals surface area contributed by atoms with Gasteiger partial charge in [-0.05, 0) is 26.0 Å². The van der Waals surface area contributed by atoms with E-state index in [1.807, 2.05) is 24.3 Å². The molecular weight excluding hydrogens is 352 g/mol. The van der Waals surface area contributed by atoms with Gasteiger partial charge in [-0.1, -0.05) is 42.1 Å². The van der Waals surface area contributed by atoms with Gasteiger partial charge in [-0.3, -0.25) is 14.9 Å². The van der Waals surface area contributed by atoms with E-state index in [-0.39, 0.29) is 17.3 Å². The van der Waals surface area contributed by atoms with Crippen LogP contribution >= 0.6 is 11.8 Å². The fourth-order valence-corrected chi connectivity index (χ4v) is 3.43. The molecule has 26 heavy (non-hydrogen) atoms. The number of aromatic nitrogens is 2. The molecule has 2 aromatic carbocycles. The Morgan fingerprint density at radius 3 is 2.62 bits per heavy atom. The summed E-state index contributed by atoms with van der Waals surface area (Å²) in [4.78, 5) is 31.9. The van der Waals surface area contributed by atoms with Crippen LogP contribution in [0.3, 0.4) is 0 Å². The number of nitro benzene ring substituents is 1. The first-order valence-electron chi connectivity index (χ1n) is 7.90. The van der Waals surface area contributed by atoms with Crippen molar-refractivity contribution in [3.63, 3.8) is 0 Å². The Hall–Kier alpha value is -3.00. The van der Waals surface area contributed by atoms with Crippen molar-refractivity contribution < 1.29 is 9.72 Å². The average molecular weight is 368 g/mol. The van der Waals surface area contributed by atoms with Crippen LogP contribution in [0.4, 0.5) is 11.4 Å². The van der Waals surface area contributed by atoms with Gasteiger partial charge in [0.25, 0.3) is 5.69 Å². The van der Waals surface area contributed by atoms with Crippen molar-refractivity contribution in [3.05, 3.63) is 64.5 Å². The normalized spacial score (nSPS) is 11.9. The van der Waals surface area contributed by atoms with Crippen LogP contribution < -0.4 is 5.32 Å². The third-order valence-electron chi connectivity index (χ3n) is 3.70. The Balaban J connectivity index is 1.82. The highest BCUT2D eigenvalue weighted by molar-refractivity contribution is 8.00. The van der Waals surface area contributed by atoms with Crippen LogP contribution in [0.25, 0.3) is 10.9 Å². The summed E-state index contributed by atoms with van der Waals surface area (Å²) in [6.07, 6.45) is 0. The van der Waals surface area contributed by atoms with E-state index >= 15 is 0 Å². The van der Waals surface area contributed by atoms with E-state index in [1.54, 1.807) is 26.0 Å². The Labute approximate surface area is 154 Å². The minimum Gasteiger partial charge on any atom is -0.319 e. The number of amides is 1. The Bertz CT molecular complexity index is 993. The summed E-state index contributed by atoms with van der Waals surface area (Å²) in [7, 11) is 0. The van der Waals surface area contributed by atoms with Gasteiger partial charge in [0.15, 0.2) is 0 Å². The summed E-state index contributed by atoms with van der Waals surface area (Å²) in [5, 5.41) is 14.8. The number of para-hydroxylation sites is 3. The summed E-state index contributed by atoms with van der Waals surface area (Å²) >= 11 is 1.30. The van der Waals surface area contributed by atoms with Crippen LogP contribution in [0.5, 0.6) is 0 Å². The quantitative estimate of drug-likeness (QED) is 0.317. The van der Waals surface area contributed by atoms with Gasteiger partial charge in [0.1, 0.15) is 16.5 Å². The van der Waals surface area contributed by atoms with Crippen molar-refractivity contribution in [2.45, 2.75) is 24.1 Å². The van der Waals surface area contributed by atoms with E-state index in [2.05, 4.69) is 15.3 Å². The minimum absolute atomic E-state index is 0.138. The number of anilines is 1. The summed E-state index contributed by atoms with van der Waals surface area (Å²) in [6, 6.07) is 13.7. The maximum Gasteiger partial charge on any atom is 0.292 e. The van der Waals surface area contributed by atoms with Gasteiger partial charge in [0.05, 0.1) is 15.7 Å². The summed E-state index contributed by atoms with van der Waals surface area (Å²) in [5.41, 5.74) is 0.855. The predicted octanol–water partition coefficient (Wildman–Crippen LogP) is 3.97. The number of rotatable bonds is 5. The molecule has 0 saturated heterocycles. The fourth-order valence-electron chi connectivity index (χ4n) is 2.44. The number of benzene rings is 2. The number of hydrogen-bond donors (Lipinski definition) is 1. The van der Waals surface area contributed by atoms with Crippen LogP contribution in [0.2, 0.25) is 0 Å². The Morgan fingerprint density at radius 2 is 1.85 bits per heavy atom. The molecule has 0 aliphatic heterocycles. The molecule has 0 bridgehead atoms. The first kappa shape index (κ1) is 17.8. The van der Waals surface area contributed by atoms with Gasteiger partial charge in [-0.2, -0.15) is 0 Å². The topological polar surface area (TPSA) is 98.0 Å². The Kier molecular flexibility index (Phi) is 5.13. The second-order valence-electron chi connectivity index (χ2n) is 5.62. The molecule has 1 N–H and O–H groups in total. The molecule has 1 aromatic heterocycles. The van der Waals surface area contributed by atoms with Crippen molar-refractivity contribution >= 4 is 39.9 Å². The molecule has 0 unspecified atom stereocenters. The molecule has 0 aliphatic carbocycles. The number of fused-ring (bicyclic) bond motifs is 1. The van der Waals surface area contributed by atoms with Gasteiger partial charge >= 0.3 is 0 Å². The maximum atomic E-state index is 12.5. The monoisotopic (exact) mass is 368 g/mol. The van der Waals surface area contributed by atoms with Crippen LogP contribution in [0.15, 0.2) is 53.6 Å². The summed E-state index contributed by atoms with van der Waals surface area (Å²) in [6.45, 7) is 3.54. The number of carbonyl (C=O) groups excluding carboxylic acids is 1. The molecule has 1 heterocycles. The van der Waals surface area contributed by atoms with Crippen LogP contribution in [0.1, 0.15) is 12.7 Å². The highest BCUT2D eigenvalue weighted by Crippen LogP contribution is 2.30. The van der Waals surface area contributed by atoms with E-state index < -0.39 is 10.2 Å². The predicted molar refractivity (Wildman–Crippen MR) is 101 cm³/mol. The third-order valence-corrected chi connectivity index (χ3v) is 4.80. The standard InChI is InChI=1S/C18H16N4O3S/c1-11(17(23)21-15-9-5-6-10-16(15)22(24)25)26-18-13-7-3-4-8-14(13)19-12(2)20-18/h3-11H,1-2H3,(H,21,23)/t11-/m1/s1. The minimum atomic E-state index is -0.519. The molecule has 0 aliphatic rings. The van der Waals surface area contributed by atoms with E-state index in [0.29, 0.717) is 10.9 Å². The van der Waals surface area contributed by atoms with Crippen molar-refractivity contribution in [2.24, 2.45) is 0 Å². The number of nitro groups is 1. The lowest BCUT2D eigenvalue weighted by Gasteiger charge is -2.13. The number of nitrogens with zero attached hydrogens (tertiary/aromatic N) is 3. The molecular formula is C18H16N4O3S. The number of thioether (sulfide) groups is 1. The number of carbonyl (C=O) groups is 1. The van der Waals surface area contributed by atoms with Crippen LogP contribution in [-0.4, -0.2) is 26.0 Å². The highest BCUT2D eigenvalue weighted by Gasteiger charge is 2.21. The number of aryl methyl sites for hydroxylation is 1. The third kappa shape index (κ3) is 3.80. The van der Waals surface area contributed by atoms with Crippen molar-refractivity contribution in [1.82, 2.24) is 9.97 Å². The molecule has 1 atom stereocenters. The second kappa shape index (κ2) is 7.49. The smallest absolute Gasteiger partial charge is 0.292 e. The lowest BCUT2D eigenvalue weighted by atomic mass is 10.2. The average Bonchev–Trinajstić information content (AvgIpc) is 2.61.